The largest absolute Gasteiger partial charge is 0.492 e. The van der Waals surface area contributed by atoms with Gasteiger partial charge in [0, 0.05) is 6.07 Å². The normalized spacial score (nSPS) is 14.0. The molecular formula is C21H26N2O6S. The molecule has 162 valence electrons. The van der Waals surface area contributed by atoms with Crippen LogP contribution in [0.25, 0.3) is 0 Å². The van der Waals surface area contributed by atoms with Gasteiger partial charge in [0.15, 0.2) is 11.5 Å². The minimum atomic E-state index is -3.72. The summed E-state index contributed by atoms with van der Waals surface area (Å²) in [6.07, 6.45) is 1.06. The van der Waals surface area contributed by atoms with Crippen molar-refractivity contribution in [2.24, 2.45) is 0 Å². The van der Waals surface area contributed by atoms with Crippen LogP contribution >= 0.6 is 0 Å². The van der Waals surface area contributed by atoms with Crippen molar-refractivity contribution in [3.63, 3.8) is 0 Å². The molecule has 0 aliphatic carbocycles. The molecule has 0 aromatic heterocycles. The zero-order valence-corrected chi connectivity index (χ0v) is 18.1. The first-order valence-corrected chi connectivity index (χ1v) is 11.5. The summed E-state index contributed by atoms with van der Waals surface area (Å²) in [7, 11) is -3.72. The molecule has 1 amide bonds. The third-order valence-electron chi connectivity index (χ3n) is 4.53. The summed E-state index contributed by atoms with van der Waals surface area (Å²) in [4.78, 5) is 12.6. The van der Waals surface area contributed by atoms with Crippen LogP contribution in [-0.2, 0) is 14.8 Å². The fraction of sp³-hybridized carbons (Fsp3) is 0.381. The van der Waals surface area contributed by atoms with E-state index in [0.29, 0.717) is 36.1 Å². The van der Waals surface area contributed by atoms with Crippen LogP contribution in [0.4, 0.5) is 5.69 Å². The van der Waals surface area contributed by atoms with E-state index in [1.165, 1.54) is 6.92 Å². The molecule has 2 aromatic rings. The van der Waals surface area contributed by atoms with Gasteiger partial charge >= 0.3 is 0 Å². The molecule has 1 heterocycles. The van der Waals surface area contributed by atoms with Gasteiger partial charge in [-0.05, 0) is 43.7 Å². The number of nitrogens with one attached hydrogen (secondary N) is 1. The Kier molecular flexibility index (Phi) is 6.71. The maximum Gasteiger partial charge on any atom is 0.243 e. The lowest BCUT2D eigenvalue weighted by molar-refractivity contribution is -0.121. The zero-order chi connectivity index (χ0) is 21.7. The molecule has 0 spiro atoms. The van der Waals surface area contributed by atoms with Crippen molar-refractivity contribution in [3.8, 4) is 17.2 Å². The van der Waals surface area contributed by atoms with Crippen LogP contribution in [0, 0.1) is 6.92 Å². The molecular weight excluding hydrogens is 408 g/mol. The average molecular weight is 435 g/mol. The second kappa shape index (κ2) is 9.25. The second-order valence-corrected chi connectivity index (χ2v) is 8.88. The summed E-state index contributed by atoms with van der Waals surface area (Å²) in [5.41, 5.74) is 1.41. The van der Waals surface area contributed by atoms with Gasteiger partial charge in [0.2, 0.25) is 15.9 Å². The number of hydrogen-bond donors (Lipinski definition) is 1. The molecule has 1 aliphatic rings. The van der Waals surface area contributed by atoms with Crippen LogP contribution in [0.15, 0.2) is 42.5 Å². The van der Waals surface area contributed by atoms with Crippen LogP contribution in [-0.4, -0.2) is 53.0 Å². The number of anilines is 1. The van der Waals surface area contributed by atoms with E-state index in [0.717, 1.165) is 16.1 Å². The lowest BCUT2D eigenvalue weighted by Gasteiger charge is -2.29. The molecule has 8 nitrogen and oxygen atoms in total. The van der Waals surface area contributed by atoms with Gasteiger partial charge in [-0.2, -0.15) is 0 Å². The third kappa shape index (κ3) is 5.35. The monoisotopic (exact) mass is 434 g/mol. The highest BCUT2D eigenvalue weighted by molar-refractivity contribution is 7.92. The predicted octanol–water partition coefficient (Wildman–Crippen LogP) is 2.12. The van der Waals surface area contributed by atoms with Gasteiger partial charge in [-0.15, -0.1) is 0 Å². The van der Waals surface area contributed by atoms with E-state index in [4.69, 9.17) is 14.2 Å². The van der Waals surface area contributed by atoms with Crippen molar-refractivity contribution >= 4 is 21.6 Å². The van der Waals surface area contributed by atoms with Gasteiger partial charge in [-0.3, -0.25) is 9.10 Å². The molecule has 2 aromatic carbocycles. The minimum Gasteiger partial charge on any atom is -0.492 e. The number of benzene rings is 2. The number of amides is 1. The molecule has 1 N–H and O–H groups in total. The molecule has 1 aliphatic heterocycles. The number of sulfonamides is 1. The molecule has 0 saturated carbocycles. The minimum absolute atomic E-state index is 0.246. The summed E-state index contributed by atoms with van der Waals surface area (Å²) in [5.74, 6) is 1.28. The van der Waals surface area contributed by atoms with Crippen LogP contribution < -0.4 is 23.8 Å². The Morgan fingerprint density at radius 1 is 1.17 bits per heavy atom. The van der Waals surface area contributed by atoms with Crippen molar-refractivity contribution in [1.82, 2.24) is 5.32 Å². The summed E-state index contributed by atoms with van der Waals surface area (Å²) in [6, 6.07) is 11.4. The molecule has 3 rings (SSSR count). The van der Waals surface area contributed by atoms with Crippen LogP contribution in [0.3, 0.4) is 0 Å². The van der Waals surface area contributed by atoms with Crippen molar-refractivity contribution in [2.45, 2.75) is 19.9 Å². The van der Waals surface area contributed by atoms with Crippen LogP contribution in [0.1, 0.15) is 12.5 Å². The molecule has 0 radical (unpaired) electrons. The molecule has 0 fully saturated rings. The molecule has 1 atom stereocenters. The van der Waals surface area contributed by atoms with E-state index in [2.05, 4.69) is 5.32 Å². The SMILES string of the molecule is Cc1cccc(OCCNC(=O)[C@H](C)N(c2ccc3c(c2)OCCO3)S(C)(=O)=O)c1. The van der Waals surface area contributed by atoms with E-state index in [1.807, 2.05) is 31.2 Å². The lowest BCUT2D eigenvalue weighted by Crippen LogP contribution is -2.48. The molecule has 0 unspecified atom stereocenters. The number of carbonyl (C=O) groups excluding carboxylic acids is 1. The predicted molar refractivity (Wildman–Crippen MR) is 114 cm³/mol. The molecule has 0 saturated heterocycles. The Hall–Kier alpha value is -2.94. The first kappa shape index (κ1) is 21.8. The summed E-state index contributed by atoms with van der Waals surface area (Å²) in [5, 5.41) is 2.73. The maximum atomic E-state index is 12.6. The Bertz CT molecular complexity index is 1010. The standard InChI is InChI=1S/C21H26N2O6S/c1-15-5-4-6-18(13-15)27-10-9-22-21(24)16(2)23(30(3,25)26)17-7-8-19-20(14-17)29-12-11-28-19/h4-8,13-14,16H,9-12H2,1-3H3,(H,22,24)/t16-/m0/s1. The van der Waals surface area contributed by atoms with Gasteiger partial charge in [-0.1, -0.05) is 12.1 Å². The van der Waals surface area contributed by atoms with E-state index < -0.39 is 22.0 Å². The molecule has 30 heavy (non-hydrogen) atoms. The Morgan fingerprint density at radius 2 is 1.90 bits per heavy atom. The van der Waals surface area contributed by atoms with Crippen molar-refractivity contribution in [1.29, 1.82) is 0 Å². The number of rotatable bonds is 8. The highest BCUT2D eigenvalue weighted by Gasteiger charge is 2.30. The maximum absolute atomic E-state index is 12.6. The topological polar surface area (TPSA) is 94.2 Å². The third-order valence-corrected chi connectivity index (χ3v) is 5.77. The van der Waals surface area contributed by atoms with Crippen molar-refractivity contribution in [3.05, 3.63) is 48.0 Å². The second-order valence-electron chi connectivity index (χ2n) is 7.02. The number of ether oxygens (including phenoxy) is 3. The van der Waals surface area contributed by atoms with E-state index in [1.54, 1.807) is 18.2 Å². The highest BCUT2D eigenvalue weighted by Crippen LogP contribution is 2.35. The first-order valence-electron chi connectivity index (χ1n) is 9.62. The highest BCUT2D eigenvalue weighted by atomic mass is 32.2. The van der Waals surface area contributed by atoms with Gasteiger partial charge in [0.1, 0.15) is 31.6 Å². The quantitative estimate of drug-likeness (QED) is 0.640. The fourth-order valence-electron chi connectivity index (χ4n) is 3.17. The Morgan fingerprint density at radius 3 is 2.60 bits per heavy atom. The summed E-state index contributed by atoms with van der Waals surface area (Å²) in [6.45, 7) is 4.83. The molecule has 0 bridgehead atoms. The van der Waals surface area contributed by atoms with E-state index >= 15 is 0 Å². The lowest BCUT2D eigenvalue weighted by atomic mass is 10.2. The van der Waals surface area contributed by atoms with Crippen LogP contribution in [0.5, 0.6) is 17.2 Å². The van der Waals surface area contributed by atoms with E-state index in [-0.39, 0.29) is 13.2 Å². The number of aryl methyl sites for hydroxylation is 1. The summed E-state index contributed by atoms with van der Waals surface area (Å²) >= 11 is 0. The zero-order valence-electron chi connectivity index (χ0n) is 17.3. The Labute approximate surface area is 176 Å². The average Bonchev–Trinajstić information content (AvgIpc) is 2.70. The van der Waals surface area contributed by atoms with Crippen molar-refractivity contribution < 1.29 is 27.4 Å². The summed E-state index contributed by atoms with van der Waals surface area (Å²) < 4.78 is 42.6. The fourth-order valence-corrected chi connectivity index (χ4v) is 4.34. The number of carbonyl (C=O) groups is 1. The van der Waals surface area contributed by atoms with E-state index in [9.17, 15) is 13.2 Å². The van der Waals surface area contributed by atoms with Gasteiger partial charge in [-0.25, -0.2) is 8.42 Å². The van der Waals surface area contributed by atoms with Gasteiger partial charge in [0.25, 0.3) is 0 Å². The van der Waals surface area contributed by atoms with Gasteiger partial charge < -0.3 is 19.5 Å². The number of hydrogen-bond acceptors (Lipinski definition) is 6. The smallest absolute Gasteiger partial charge is 0.243 e. The Balaban J connectivity index is 1.65. The van der Waals surface area contributed by atoms with Gasteiger partial charge in [0.05, 0.1) is 18.5 Å². The van der Waals surface area contributed by atoms with Crippen LogP contribution in [0.2, 0.25) is 0 Å². The number of fused-ring (bicyclic) bond motifs is 1. The first-order chi connectivity index (χ1) is 14.3. The molecule has 9 heteroatoms. The van der Waals surface area contributed by atoms with Crippen molar-refractivity contribution in [2.75, 3.05) is 36.9 Å². The number of nitrogens with zero attached hydrogens (tertiary/aromatic N) is 1.